The number of H-pyrrole nitrogens is 2. The monoisotopic (exact) mass is 562 g/mol. The molecule has 0 radical (unpaired) electrons. The van der Waals surface area contributed by atoms with E-state index in [2.05, 4.69) is 62.3 Å². The molecule has 0 saturated carbocycles. The number of nitrogens with zero attached hydrogens (tertiary/aromatic N) is 3. The summed E-state index contributed by atoms with van der Waals surface area (Å²) in [6.45, 7) is 8.19. The molecular formula is C26H46N10O4+2. The van der Waals surface area contributed by atoms with Crippen LogP contribution >= 0.6 is 0 Å². The Morgan fingerprint density at radius 1 is 0.775 bits per heavy atom. The van der Waals surface area contributed by atoms with Gasteiger partial charge in [0.1, 0.15) is 0 Å². The van der Waals surface area contributed by atoms with Crippen LogP contribution in [0.25, 0.3) is 0 Å². The Morgan fingerprint density at radius 3 is 1.65 bits per heavy atom. The first-order valence-electron chi connectivity index (χ1n) is 13.8. The minimum Gasteiger partial charge on any atom is -0.340 e. The van der Waals surface area contributed by atoms with Crippen molar-refractivity contribution in [3.63, 3.8) is 0 Å². The summed E-state index contributed by atoms with van der Waals surface area (Å²) >= 11 is 0. The fraction of sp³-hybridized carbons (Fsp3) is 0.615. The number of urea groups is 2. The predicted octanol–water partition coefficient (Wildman–Crippen LogP) is -0.0452. The molecule has 222 valence electrons. The molecule has 7 N–H and O–H groups in total. The lowest BCUT2D eigenvalue weighted by atomic mass is 10.2. The molecule has 0 aromatic carbocycles. The summed E-state index contributed by atoms with van der Waals surface area (Å²) in [6, 6.07) is 1.87. The van der Waals surface area contributed by atoms with E-state index in [0.717, 1.165) is 56.3 Å². The van der Waals surface area contributed by atoms with Gasteiger partial charge in [-0.05, 0) is 33.1 Å². The number of amides is 4. The zero-order valence-corrected chi connectivity index (χ0v) is 24.4. The molecule has 0 aliphatic carbocycles. The van der Waals surface area contributed by atoms with E-state index in [9.17, 15) is 19.2 Å². The van der Waals surface area contributed by atoms with Crippen molar-refractivity contribution in [1.29, 1.82) is 0 Å². The van der Waals surface area contributed by atoms with Crippen LogP contribution in [-0.2, 0) is 0 Å². The SMILES string of the molecule is Cc1cc(=O)[nH]c(NC(=O)NCCC[N+](C)(CCCCC[NH+](C)C)CCCNC(=O)Nc2nc(C)cc(=O)[nH]2)n1. The van der Waals surface area contributed by atoms with E-state index in [-0.39, 0.29) is 23.0 Å². The molecule has 2 rings (SSSR count). The molecule has 14 nitrogen and oxygen atoms in total. The van der Waals surface area contributed by atoms with Gasteiger partial charge < -0.3 is 20.0 Å². The number of quaternary nitrogens is 2. The first-order valence-corrected chi connectivity index (χ1v) is 13.8. The van der Waals surface area contributed by atoms with Gasteiger partial charge >= 0.3 is 12.1 Å². The fourth-order valence-corrected chi connectivity index (χ4v) is 4.39. The largest absolute Gasteiger partial charge is 0.340 e. The van der Waals surface area contributed by atoms with Crippen LogP contribution in [0, 0.1) is 13.8 Å². The van der Waals surface area contributed by atoms with E-state index < -0.39 is 12.1 Å². The second-order valence-corrected chi connectivity index (χ2v) is 10.7. The lowest BCUT2D eigenvalue weighted by Gasteiger charge is -2.35. The summed E-state index contributed by atoms with van der Waals surface area (Å²) in [7, 11) is 6.53. The van der Waals surface area contributed by atoms with Gasteiger partial charge in [0, 0.05) is 49.5 Å². The Kier molecular flexibility index (Phi) is 13.3. The molecule has 0 aliphatic heterocycles. The highest BCUT2D eigenvalue weighted by Gasteiger charge is 2.21. The summed E-state index contributed by atoms with van der Waals surface area (Å²) in [5, 5.41) is 10.8. The summed E-state index contributed by atoms with van der Waals surface area (Å²) in [5.74, 6) is 0.229. The molecule has 2 aromatic rings. The highest BCUT2D eigenvalue weighted by atomic mass is 16.2. The molecule has 0 spiro atoms. The van der Waals surface area contributed by atoms with Gasteiger partial charge in [-0.15, -0.1) is 0 Å². The van der Waals surface area contributed by atoms with Crippen molar-refractivity contribution in [3.8, 4) is 0 Å². The number of hydrogen-bond donors (Lipinski definition) is 7. The lowest BCUT2D eigenvalue weighted by Crippen LogP contribution is -3.05. The van der Waals surface area contributed by atoms with Crippen LogP contribution in [0.1, 0.15) is 43.5 Å². The standard InChI is InChI=1S/C26H44N10O4/c1-19-17-21(37)31-23(29-19)33-25(39)27-11-9-15-36(5,14-8-6-7-13-35(3)4)16-10-12-28-26(40)34-24-30-20(2)18-22(38)32-24/h17-18H,6-16H2,1-5H3,(H5-,27,28,29,30,31,32,33,34,37,38,39,40)/p+2. The topological polar surface area (TPSA) is 178 Å². The number of unbranched alkanes of at least 4 members (excludes halogenated alkanes) is 2. The van der Waals surface area contributed by atoms with Crippen molar-refractivity contribution in [3.05, 3.63) is 44.2 Å². The van der Waals surface area contributed by atoms with E-state index >= 15 is 0 Å². The third-order valence-corrected chi connectivity index (χ3v) is 6.40. The third kappa shape index (κ3) is 13.3. The molecule has 0 bridgehead atoms. The minimum atomic E-state index is -0.422. The van der Waals surface area contributed by atoms with Crippen molar-refractivity contribution < 1.29 is 19.0 Å². The van der Waals surface area contributed by atoms with Crippen molar-refractivity contribution in [1.82, 2.24) is 30.6 Å². The average molecular weight is 563 g/mol. The zero-order chi connectivity index (χ0) is 29.5. The second-order valence-electron chi connectivity index (χ2n) is 10.7. The van der Waals surface area contributed by atoms with Crippen LogP contribution in [-0.4, -0.2) is 96.9 Å². The van der Waals surface area contributed by atoms with Crippen molar-refractivity contribution >= 4 is 24.0 Å². The number of aromatic amines is 2. The number of aryl methyl sites for hydroxylation is 2. The molecule has 0 atom stereocenters. The van der Waals surface area contributed by atoms with E-state index in [4.69, 9.17) is 0 Å². The van der Waals surface area contributed by atoms with E-state index in [1.165, 1.54) is 23.5 Å². The predicted molar refractivity (Wildman–Crippen MR) is 155 cm³/mol. The number of anilines is 2. The Morgan fingerprint density at radius 2 is 1.23 bits per heavy atom. The number of hydrogen-bond acceptors (Lipinski definition) is 6. The van der Waals surface area contributed by atoms with Crippen molar-refractivity contribution in [2.45, 2.75) is 46.0 Å². The van der Waals surface area contributed by atoms with Crippen LogP contribution in [0.3, 0.4) is 0 Å². The quantitative estimate of drug-likeness (QED) is 0.111. The van der Waals surface area contributed by atoms with Gasteiger partial charge in [0.2, 0.25) is 11.9 Å². The highest BCUT2D eigenvalue weighted by Crippen LogP contribution is 2.10. The molecule has 14 heteroatoms. The molecular weight excluding hydrogens is 516 g/mol. The van der Waals surface area contributed by atoms with Crippen molar-refractivity contribution in [2.75, 3.05) is 71.0 Å². The van der Waals surface area contributed by atoms with E-state index in [0.29, 0.717) is 24.5 Å². The van der Waals surface area contributed by atoms with Gasteiger partial charge in [0.05, 0.1) is 47.3 Å². The fourth-order valence-electron chi connectivity index (χ4n) is 4.39. The summed E-state index contributed by atoms with van der Waals surface area (Å²) in [4.78, 5) is 62.2. The maximum Gasteiger partial charge on any atom is 0.321 e. The van der Waals surface area contributed by atoms with Gasteiger partial charge in [0.15, 0.2) is 0 Å². The molecule has 0 fully saturated rings. The first-order chi connectivity index (χ1) is 18.9. The Bertz CT molecular complexity index is 1130. The summed E-state index contributed by atoms with van der Waals surface area (Å²) < 4.78 is 0.820. The number of rotatable bonds is 16. The molecule has 2 heterocycles. The number of carbonyl (C=O) groups is 2. The van der Waals surface area contributed by atoms with Gasteiger partial charge in [-0.25, -0.2) is 19.6 Å². The number of nitrogens with one attached hydrogen (secondary N) is 7. The average Bonchev–Trinajstić information content (AvgIpc) is 2.83. The molecule has 0 unspecified atom stereocenters. The normalized spacial score (nSPS) is 11.3. The molecule has 4 amide bonds. The first kappa shape index (κ1) is 32.4. The zero-order valence-electron chi connectivity index (χ0n) is 24.4. The van der Waals surface area contributed by atoms with Crippen LogP contribution in [0.5, 0.6) is 0 Å². The molecule has 2 aromatic heterocycles. The van der Waals surface area contributed by atoms with Gasteiger partial charge in [-0.3, -0.25) is 30.2 Å². The maximum absolute atomic E-state index is 12.2. The Balaban J connectivity index is 1.80. The van der Waals surface area contributed by atoms with Crippen LogP contribution in [0.2, 0.25) is 0 Å². The lowest BCUT2D eigenvalue weighted by molar-refractivity contribution is -0.910. The van der Waals surface area contributed by atoms with Crippen LogP contribution in [0.4, 0.5) is 21.5 Å². The minimum absolute atomic E-state index is 0.115. The van der Waals surface area contributed by atoms with Gasteiger partial charge in [0.25, 0.3) is 11.1 Å². The number of aromatic nitrogens is 4. The molecule has 0 saturated heterocycles. The Hall–Kier alpha value is -3.78. The van der Waals surface area contributed by atoms with E-state index in [1.54, 1.807) is 13.8 Å². The van der Waals surface area contributed by atoms with Crippen LogP contribution < -0.4 is 37.3 Å². The second kappa shape index (κ2) is 16.4. The molecule has 40 heavy (non-hydrogen) atoms. The van der Waals surface area contributed by atoms with E-state index in [1.807, 2.05) is 0 Å². The Labute approximate surface area is 235 Å². The van der Waals surface area contributed by atoms with Gasteiger partial charge in [-0.2, -0.15) is 0 Å². The van der Waals surface area contributed by atoms with Crippen molar-refractivity contribution in [2.24, 2.45) is 0 Å². The number of carbonyl (C=O) groups excluding carboxylic acids is 2. The highest BCUT2D eigenvalue weighted by molar-refractivity contribution is 5.87. The molecule has 0 aliphatic rings. The van der Waals surface area contributed by atoms with Gasteiger partial charge in [-0.1, -0.05) is 0 Å². The smallest absolute Gasteiger partial charge is 0.321 e. The third-order valence-electron chi connectivity index (χ3n) is 6.40. The van der Waals surface area contributed by atoms with Crippen LogP contribution in [0.15, 0.2) is 21.7 Å². The maximum atomic E-state index is 12.2. The summed E-state index contributed by atoms with van der Waals surface area (Å²) in [6.07, 6.45) is 4.97. The summed E-state index contributed by atoms with van der Waals surface area (Å²) in [5.41, 5.74) is 0.397.